The number of rotatable bonds is 6. The average Bonchev–Trinajstić information content (AvgIpc) is 2.68. The normalized spacial score (nSPS) is 10.4. The van der Waals surface area contributed by atoms with Crippen molar-refractivity contribution in [2.75, 3.05) is 19.0 Å². The first-order chi connectivity index (χ1) is 13.0. The molecule has 1 N–H and O–H groups in total. The van der Waals surface area contributed by atoms with E-state index in [1.165, 1.54) is 19.2 Å². The van der Waals surface area contributed by atoms with Gasteiger partial charge in [0.2, 0.25) is 0 Å². The third kappa shape index (κ3) is 3.64. The number of methoxy groups -OCH3 is 1. The van der Waals surface area contributed by atoms with Crippen molar-refractivity contribution < 1.29 is 19.2 Å². The Morgan fingerprint density at radius 3 is 2.70 bits per heavy atom. The van der Waals surface area contributed by atoms with E-state index in [9.17, 15) is 14.9 Å². The van der Waals surface area contributed by atoms with E-state index in [0.29, 0.717) is 17.8 Å². The number of hydrogen-bond acceptors (Lipinski definition) is 6. The van der Waals surface area contributed by atoms with Gasteiger partial charge in [-0.2, -0.15) is 0 Å². The number of nitrogens with one attached hydrogen (secondary N) is 1. The maximum atomic E-state index is 12.8. The van der Waals surface area contributed by atoms with Crippen molar-refractivity contribution in [3.63, 3.8) is 0 Å². The van der Waals surface area contributed by atoms with Crippen molar-refractivity contribution in [1.82, 2.24) is 4.98 Å². The number of nitrogens with zero attached hydrogens (tertiary/aromatic N) is 2. The fourth-order valence-electron chi connectivity index (χ4n) is 2.70. The molecule has 0 spiro atoms. The second kappa shape index (κ2) is 7.69. The zero-order chi connectivity index (χ0) is 19.4. The number of anilines is 1. The van der Waals surface area contributed by atoms with Gasteiger partial charge in [0, 0.05) is 17.6 Å². The van der Waals surface area contributed by atoms with Crippen molar-refractivity contribution in [2.24, 2.45) is 0 Å². The number of amides is 1. The first-order valence-electron chi connectivity index (χ1n) is 8.19. The quantitative estimate of drug-likeness (QED) is 0.525. The standard InChI is InChI=1S/C19H17N3O5/c1-3-27-17-10-13(15(22(24)25)11-16(17)26-2)19(23)21-14-8-4-6-12-7-5-9-20-18(12)14/h4-11H,3H2,1-2H3,(H,21,23). The molecule has 3 aromatic rings. The highest BCUT2D eigenvalue weighted by molar-refractivity contribution is 6.10. The minimum absolute atomic E-state index is 0.128. The molecule has 138 valence electrons. The van der Waals surface area contributed by atoms with Crippen LogP contribution in [0.3, 0.4) is 0 Å². The highest BCUT2D eigenvalue weighted by Crippen LogP contribution is 2.35. The molecular formula is C19H17N3O5. The number of nitro groups is 1. The fourth-order valence-corrected chi connectivity index (χ4v) is 2.70. The van der Waals surface area contributed by atoms with Crippen LogP contribution in [0.1, 0.15) is 17.3 Å². The van der Waals surface area contributed by atoms with E-state index in [1.807, 2.05) is 12.1 Å². The van der Waals surface area contributed by atoms with Gasteiger partial charge in [-0.3, -0.25) is 19.9 Å². The van der Waals surface area contributed by atoms with Crippen LogP contribution in [0.2, 0.25) is 0 Å². The van der Waals surface area contributed by atoms with Crippen LogP contribution in [0.5, 0.6) is 11.5 Å². The molecule has 1 amide bonds. The van der Waals surface area contributed by atoms with Gasteiger partial charge in [0.25, 0.3) is 11.6 Å². The highest BCUT2D eigenvalue weighted by atomic mass is 16.6. The van der Waals surface area contributed by atoms with Gasteiger partial charge >= 0.3 is 0 Å². The average molecular weight is 367 g/mol. The summed E-state index contributed by atoms with van der Waals surface area (Å²) in [6, 6.07) is 11.5. The molecule has 1 aromatic heterocycles. The number of ether oxygens (including phenoxy) is 2. The Bertz CT molecular complexity index is 1010. The highest BCUT2D eigenvalue weighted by Gasteiger charge is 2.25. The van der Waals surface area contributed by atoms with Gasteiger partial charge in [-0.25, -0.2) is 0 Å². The molecule has 2 aromatic carbocycles. The topological polar surface area (TPSA) is 104 Å². The van der Waals surface area contributed by atoms with E-state index < -0.39 is 10.8 Å². The zero-order valence-electron chi connectivity index (χ0n) is 14.8. The Hall–Kier alpha value is -3.68. The lowest BCUT2D eigenvalue weighted by atomic mass is 10.1. The zero-order valence-corrected chi connectivity index (χ0v) is 14.8. The van der Waals surface area contributed by atoms with Crippen LogP contribution in [0, 0.1) is 10.1 Å². The molecule has 0 atom stereocenters. The number of hydrogen-bond donors (Lipinski definition) is 1. The lowest BCUT2D eigenvalue weighted by molar-refractivity contribution is -0.385. The molecule has 0 fully saturated rings. The number of aromatic nitrogens is 1. The summed E-state index contributed by atoms with van der Waals surface area (Å²) in [7, 11) is 1.38. The van der Waals surface area contributed by atoms with Crippen LogP contribution in [-0.4, -0.2) is 29.5 Å². The van der Waals surface area contributed by atoms with Gasteiger partial charge in [0.1, 0.15) is 5.56 Å². The number of nitro benzene ring substituents is 1. The summed E-state index contributed by atoms with van der Waals surface area (Å²) in [5, 5.41) is 15.0. The first kappa shape index (κ1) is 18.1. The molecule has 0 aliphatic rings. The number of carbonyl (C=O) groups excluding carboxylic acids is 1. The van der Waals surface area contributed by atoms with E-state index in [2.05, 4.69) is 10.3 Å². The van der Waals surface area contributed by atoms with E-state index in [-0.39, 0.29) is 22.7 Å². The Morgan fingerprint density at radius 1 is 1.22 bits per heavy atom. The molecule has 8 heteroatoms. The molecule has 0 saturated heterocycles. The van der Waals surface area contributed by atoms with E-state index in [4.69, 9.17) is 9.47 Å². The lowest BCUT2D eigenvalue weighted by Gasteiger charge is -2.12. The number of para-hydroxylation sites is 1. The van der Waals surface area contributed by atoms with Crippen molar-refractivity contribution >= 4 is 28.2 Å². The summed E-state index contributed by atoms with van der Waals surface area (Å²) < 4.78 is 10.6. The van der Waals surface area contributed by atoms with Crippen LogP contribution >= 0.6 is 0 Å². The number of fused-ring (bicyclic) bond motifs is 1. The maximum Gasteiger partial charge on any atom is 0.286 e. The van der Waals surface area contributed by atoms with Crippen molar-refractivity contribution in [3.8, 4) is 11.5 Å². The molecule has 0 aliphatic carbocycles. The molecule has 0 aliphatic heterocycles. The fraction of sp³-hybridized carbons (Fsp3) is 0.158. The van der Waals surface area contributed by atoms with Crippen LogP contribution in [0.25, 0.3) is 10.9 Å². The van der Waals surface area contributed by atoms with Gasteiger partial charge in [-0.1, -0.05) is 18.2 Å². The third-order valence-corrected chi connectivity index (χ3v) is 3.90. The van der Waals surface area contributed by atoms with Gasteiger partial charge in [0.05, 0.1) is 35.9 Å². The molecule has 3 rings (SSSR count). The molecule has 0 bridgehead atoms. The van der Waals surface area contributed by atoms with Gasteiger partial charge in [0.15, 0.2) is 11.5 Å². The largest absolute Gasteiger partial charge is 0.493 e. The Morgan fingerprint density at radius 2 is 2.00 bits per heavy atom. The Kier molecular flexibility index (Phi) is 5.16. The minimum atomic E-state index is -0.636. The summed E-state index contributed by atoms with van der Waals surface area (Å²) in [5.41, 5.74) is 0.550. The number of pyridine rings is 1. The molecule has 1 heterocycles. The summed E-state index contributed by atoms with van der Waals surface area (Å²) in [6.45, 7) is 2.09. The second-order valence-electron chi connectivity index (χ2n) is 5.55. The molecule has 0 unspecified atom stereocenters. The molecule has 0 saturated carbocycles. The number of carbonyl (C=O) groups is 1. The van der Waals surface area contributed by atoms with Crippen LogP contribution in [-0.2, 0) is 0 Å². The van der Waals surface area contributed by atoms with Crippen LogP contribution in [0.15, 0.2) is 48.7 Å². The van der Waals surface area contributed by atoms with E-state index >= 15 is 0 Å². The minimum Gasteiger partial charge on any atom is -0.493 e. The van der Waals surface area contributed by atoms with Crippen LogP contribution in [0.4, 0.5) is 11.4 Å². The molecule has 27 heavy (non-hydrogen) atoms. The van der Waals surface area contributed by atoms with Gasteiger partial charge in [-0.15, -0.1) is 0 Å². The predicted molar refractivity (Wildman–Crippen MR) is 101 cm³/mol. The maximum absolute atomic E-state index is 12.8. The smallest absolute Gasteiger partial charge is 0.286 e. The summed E-state index contributed by atoms with van der Waals surface area (Å²) >= 11 is 0. The van der Waals surface area contributed by atoms with E-state index in [0.717, 1.165) is 5.39 Å². The Labute approximate surface area is 154 Å². The summed E-state index contributed by atoms with van der Waals surface area (Å²) in [5.74, 6) is -0.192. The monoisotopic (exact) mass is 367 g/mol. The molecule has 8 nitrogen and oxygen atoms in total. The first-order valence-corrected chi connectivity index (χ1v) is 8.19. The van der Waals surface area contributed by atoms with Gasteiger partial charge in [-0.05, 0) is 19.1 Å². The number of benzene rings is 2. The summed E-state index contributed by atoms with van der Waals surface area (Å²) in [4.78, 5) is 27.9. The molecule has 0 radical (unpaired) electrons. The lowest BCUT2D eigenvalue weighted by Crippen LogP contribution is -2.15. The summed E-state index contributed by atoms with van der Waals surface area (Å²) in [6.07, 6.45) is 1.61. The van der Waals surface area contributed by atoms with Crippen molar-refractivity contribution in [2.45, 2.75) is 6.92 Å². The van der Waals surface area contributed by atoms with Gasteiger partial charge < -0.3 is 14.8 Å². The van der Waals surface area contributed by atoms with Crippen LogP contribution < -0.4 is 14.8 Å². The van der Waals surface area contributed by atoms with Crippen molar-refractivity contribution in [3.05, 3.63) is 64.3 Å². The predicted octanol–water partition coefficient (Wildman–Crippen LogP) is 3.80. The second-order valence-corrected chi connectivity index (χ2v) is 5.55. The SMILES string of the molecule is CCOc1cc(C(=O)Nc2cccc3cccnc23)c([N+](=O)[O-])cc1OC. The molecular weight excluding hydrogens is 350 g/mol. The van der Waals surface area contributed by atoms with E-state index in [1.54, 1.807) is 31.3 Å². The third-order valence-electron chi connectivity index (χ3n) is 3.90. The Balaban J connectivity index is 2.05. The van der Waals surface area contributed by atoms with Crippen molar-refractivity contribution in [1.29, 1.82) is 0 Å².